The summed E-state index contributed by atoms with van der Waals surface area (Å²) in [6.07, 6.45) is 3.06. The number of anilines is 1. The quantitative estimate of drug-likeness (QED) is 0.912. The molecule has 0 spiro atoms. The molecule has 4 heteroatoms. The molecule has 1 N–H and O–H groups in total. The number of amides is 1. The van der Waals surface area contributed by atoms with Gasteiger partial charge in [0.15, 0.2) is 0 Å². The molecule has 1 unspecified atom stereocenters. The van der Waals surface area contributed by atoms with E-state index in [1.54, 1.807) is 12.1 Å². The molecule has 2 rings (SSSR count). The number of nitrogens with one attached hydrogen (secondary N) is 1. The summed E-state index contributed by atoms with van der Waals surface area (Å²) in [6.45, 7) is 7.59. The molecule has 0 aromatic heterocycles. The van der Waals surface area contributed by atoms with E-state index < -0.39 is 0 Å². The first-order valence-electron chi connectivity index (χ1n) is 7.27. The van der Waals surface area contributed by atoms with Crippen LogP contribution in [-0.2, 0) is 4.79 Å². The number of rotatable bonds is 4. The minimum Gasteiger partial charge on any atom is -0.325 e. The largest absolute Gasteiger partial charge is 0.325 e. The summed E-state index contributed by atoms with van der Waals surface area (Å²) >= 11 is 5.86. The number of hydrogen-bond donors (Lipinski definition) is 1. The Balaban J connectivity index is 2.06. The van der Waals surface area contributed by atoms with Gasteiger partial charge in [0.25, 0.3) is 0 Å². The van der Waals surface area contributed by atoms with Gasteiger partial charge in [0.1, 0.15) is 0 Å². The maximum atomic E-state index is 12.5. The number of likely N-dealkylation sites (tertiary alicyclic amines) is 1. The molecule has 1 heterocycles. The second-order valence-corrected chi connectivity index (χ2v) is 6.45. The molecule has 1 aromatic carbocycles. The Labute approximate surface area is 126 Å². The van der Waals surface area contributed by atoms with Gasteiger partial charge >= 0.3 is 0 Å². The Morgan fingerprint density at radius 3 is 2.65 bits per heavy atom. The normalized spacial score (nSPS) is 20.1. The van der Waals surface area contributed by atoms with Crippen LogP contribution in [0.2, 0.25) is 5.02 Å². The van der Waals surface area contributed by atoms with E-state index in [1.807, 2.05) is 12.1 Å². The van der Waals surface area contributed by atoms with Crippen molar-refractivity contribution in [3.05, 3.63) is 29.3 Å². The molecule has 1 saturated heterocycles. The highest BCUT2D eigenvalue weighted by atomic mass is 35.5. The van der Waals surface area contributed by atoms with E-state index in [1.165, 1.54) is 0 Å². The van der Waals surface area contributed by atoms with E-state index in [2.05, 4.69) is 31.0 Å². The van der Waals surface area contributed by atoms with Crippen LogP contribution in [0.25, 0.3) is 0 Å². The summed E-state index contributed by atoms with van der Waals surface area (Å²) in [6, 6.07) is 7.23. The zero-order valence-corrected chi connectivity index (χ0v) is 13.2. The monoisotopic (exact) mass is 294 g/mol. The van der Waals surface area contributed by atoms with Crippen LogP contribution in [0.4, 0.5) is 5.69 Å². The molecular formula is C16H23ClN2O. The first-order chi connectivity index (χ1) is 9.44. The molecule has 1 fully saturated rings. The van der Waals surface area contributed by atoms with Crippen LogP contribution in [0.3, 0.4) is 0 Å². The maximum absolute atomic E-state index is 12.5. The Hall–Kier alpha value is -1.06. The van der Waals surface area contributed by atoms with Crippen LogP contribution >= 0.6 is 11.6 Å². The van der Waals surface area contributed by atoms with Gasteiger partial charge < -0.3 is 5.32 Å². The highest BCUT2D eigenvalue weighted by Crippen LogP contribution is 2.29. The Bertz CT molecular complexity index is 470. The lowest BCUT2D eigenvalue weighted by molar-refractivity contribution is -0.122. The molecule has 1 aromatic rings. The minimum atomic E-state index is -0.0272. The SMILES string of the molecule is CCC(C)(C)N1CCCC1C(=O)Nc1ccc(Cl)cc1. The Morgan fingerprint density at radius 2 is 2.05 bits per heavy atom. The lowest BCUT2D eigenvalue weighted by atomic mass is 9.98. The summed E-state index contributed by atoms with van der Waals surface area (Å²) < 4.78 is 0. The van der Waals surface area contributed by atoms with Crippen LogP contribution in [0, 0.1) is 0 Å². The molecule has 0 bridgehead atoms. The van der Waals surface area contributed by atoms with Gasteiger partial charge in [-0.1, -0.05) is 18.5 Å². The van der Waals surface area contributed by atoms with Crippen molar-refractivity contribution in [2.75, 3.05) is 11.9 Å². The third-order valence-electron chi connectivity index (χ3n) is 4.31. The first-order valence-corrected chi connectivity index (χ1v) is 7.65. The van der Waals surface area contributed by atoms with Gasteiger partial charge in [-0.2, -0.15) is 0 Å². The number of hydrogen-bond acceptors (Lipinski definition) is 2. The second-order valence-electron chi connectivity index (χ2n) is 6.01. The van der Waals surface area contributed by atoms with Crippen molar-refractivity contribution >= 4 is 23.2 Å². The molecule has 0 radical (unpaired) electrons. The average Bonchev–Trinajstić information content (AvgIpc) is 2.91. The number of benzene rings is 1. The molecule has 1 aliphatic rings. The van der Waals surface area contributed by atoms with Crippen molar-refractivity contribution in [2.45, 2.75) is 51.6 Å². The summed E-state index contributed by atoms with van der Waals surface area (Å²) in [5, 5.41) is 3.68. The number of carbonyl (C=O) groups excluding carboxylic acids is 1. The molecule has 20 heavy (non-hydrogen) atoms. The van der Waals surface area contributed by atoms with Crippen molar-refractivity contribution in [1.82, 2.24) is 4.90 Å². The Morgan fingerprint density at radius 1 is 1.40 bits per heavy atom. The maximum Gasteiger partial charge on any atom is 0.241 e. The van der Waals surface area contributed by atoms with Gasteiger partial charge in [-0.05, 0) is 63.9 Å². The van der Waals surface area contributed by atoms with E-state index in [0.717, 1.165) is 31.5 Å². The average molecular weight is 295 g/mol. The fourth-order valence-electron chi connectivity index (χ4n) is 2.73. The van der Waals surface area contributed by atoms with Gasteiger partial charge in [-0.3, -0.25) is 9.69 Å². The van der Waals surface area contributed by atoms with Crippen molar-refractivity contribution in [1.29, 1.82) is 0 Å². The smallest absolute Gasteiger partial charge is 0.241 e. The summed E-state index contributed by atoms with van der Waals surface area (Å²) in [4.78, 5) is 14.8. The minimum absolute atomic E-state index is 0.0272. The highest BCUT2D eigenvalue weighted by Gasteiger charge is 2.38. The zero-order chi connectivity index (χ0) is 14.8. The molecule has 1 aliphatic heterocycles. The first kappa shape index (κ1) is 15.3. The van der Waals surface area contributed by atoms with E-state index in [-0.39, 0.29) is 17.5 Å². The third-order valence-corrected chi connectivity index (χ3v) is 4.56. The molecule has 0 saturated carbocycles. The van der Waals surface area contributed by atoms with Crippen molar-refractivity contribution in [3.8, 4) is 0 Å². The highest BCUT2D eigenvalue weighted by molar-refractivity contribution is 6.30. The van der Waals surface area contributed by atoms with Crippen LogP contribution in [0.5, 0.6) is 0 Å². The molecule has 110 valence electrons. The van der Waals surface area contributed by atoms with Gasteiger partial charge in [-0.15, -0.1) is 0 Å². The van der Waals surface area contributed by atoms with Crippen LogP contribution < -0.4 is 5.32 Å². The molecular weight excluding hydrogens is 272 g/mol. The third kappa shape index (κ3) is 3.33. The van der Waals surface area contributed by atoms with E-state index >= 15 is 0 Å². The van der Waals surface area contributed by atoms with Gasteiger partial charge in [0.2, 0.25) is 5.91 Å². The van der Waals surface area contributed by atoms with Crippen molar-refractivity contribution in [2.24, 2.45) is 0 Å². The zero-order valence-electron chi connectivity index (χ0n) is 12.4. The summed E-state index contributed by atoms with van der Waals surface area (Å²) in [7, 11) is 0. The van der Waals surface area contributed by atoms with E-state index in [9.17, 15) is 4.79 Å². The van der Waals surface area contributed by atoms with Crippen molar-refractivity contribution in [3.63, 3.8) is 0 Å². The topological polar surface area (TPSA) is 32.3 Å². The number of halogens is 1. The van der Waals surface area contributed by atoms with E-state index in [0.29, 0.717) is 5.02 Å². The van der Waals surface area contributed by atoms with Gasteiger partial charge in [0.05, 0.1) is 6.04 Å². The summed E-state index contributed by atoms with van der Waals surface area (Å²) in [5.74, 6) is 0.0892. The fourth-order valence-corrected chi connectivity index (χ4v) is 2.85. The van der Waals surface area contributed by atoms with Crippen molar-refractivity contribution < 1.29 is 4.79 Å². The van der Waals surface area contributed by atoms with Crippen LogP contribution in [0.15, 0.2) is 24.3 Å². The van der Waals surface area contributed by atoms with Crippen LogP contribution in [0.1, 0.15) is 40.0 Å². The fraction of sp³-hybridized carbons (Fsp3) is 0.562. The predicted octanol–water partition coefficient (Wildman–Crippen LogP) is 3.93. The van der Waals surface area contributed by atoms with Gasteiger partial charge in [-0.25, -0.2) is 0 Å². The standard InChI is InChI=1S/C16H23ClN2O/c1-4-16(2,3)19-11-5-6-14(19)15(20)18-13-9-7-12(17)8-10-13/h7-10,14H,4-6,11H2,1-3H3,(H,18,20). The lowest BCUT2D eigenvalue weighted by Gasteiger charge is -2.38. The summed E-state index contributed by atoms with van der Waals surface area (Å²) in [5.41, 5.74) is 0.874. The molecule has 1 atom stereocenters. The van der Waals surface area contributed by atoms with E-state index in [4.69, 9.17) is 11.6 Å². The molecule has 1 amide bonds. The predicted molar refractivity (Wildman–Crippen MR) is 84.2 cm³/mol. The number of nitrogens with zero attached hydrogens (tertiary/aromatic N) is 1. The second kappa shape index (κ2) is 6.15. The lowest BCUT2D eigenvalue weighted by Crippen LogP contribution is -2.50. The van der Waals surface area contributed by atoms with Gasteiger partial charge in [0, 0.05) is 16.2 Å². The molecule has 0 aliphatic carbocycles. The number of carbonyl (C=O) groups is 1. The van der Waals surface area contributed by atoms with Crippen LogP contribution in [-0.4, -0.2) is 28.9 Å². The molecule has 3 nitrogen and oxygen atoms in total. The Kier molecular flexibility index (Phi) is 4.71.